The molecule has 2 aromatic rings. The Kier molecular flexibility index (Phi) is 7.75. The van der Waals surface area contributed by atoms with Gasteiger partial charge >= 0.3 is 0 Å². The van der Waals surface area contributed by atoms with Gasteiger partial charge in [0.1, 0.15) is 11.3 Å². The number of hydrogen-bond donors (Lipinski definition) is 2. The summed E-state index contributed by atoms with van der Waals surface area (Å²) in [5.74, 6) is 0.681. The molecule has 24 heavy (non-hydrogen) atoms. The largest absolute Gasteiger partial charge is 0.494 e. The molecule has 0 saturated heterocycles. The molecule has 2 rings (SSSR count). The molecule has 1 amide bonds. The van der Waals surface area contributed by atoms with E-state index in [1.807, 2.05) is 61.5 Å². The van der Waals surface area contributed by atoms with Crippen LogP contribution in [0.3, 0.4) is 0 Å². The van der Waals surface area contributed by atoms with Crippen molar-refractivity contribution in [3.8, 4) is 5.75 Å². The highest BCUT2D eigenvalue weighted by atomic mass is 35.5. The minimum absolute atomic E-state index is 0. The third-order valence-corrected chi connectivity index (χ3v) is 3.80. The lowest BCUT2D eigenvalue weighted by Crippen LogP contribution is -2.49. The van der Waals surface area contributed by atoms with Crippen LogP contribution >= 0.6 is 12.4 Å². The zero-order chi connectivity index (χ0) is 16.7. The minimum atomic E-state index is -1.04. The summed E-state index contributed by atoms with van der Waals surface area (Å²) in [7, 11) is 0. The Balaban J connectivity index is 0.00000288. The van der Waals surface area contributed by atoms with Crippen molar-refractivity contribution in [2.45, 2.75) is 25.8 Å². The van der Waals surface area contributed by atoms with E-state index in [2.05, 4.69) is 5.32 Å². The van der Waals surface area contributed by atoms with Gasteiger partial charge in [-0.3, -0.25) is 4.79 Å². The molecule has 1 atom stereocenters. The molecule has 0 bridgehead atoms. The summed E-state index contributed by atoms with van der Waals surface area (Å²) in [6, 6.07) is 17.3. The molecule has 0 aliphatic carbocycles. The smallest absolute Gasteiger partial charge is 0.244 e. The molecular formula is C19H25ClN2O2. The minimum Gasteiger partial charge on any atom is -0.494 e. The van der Waals surface area contributed by atoms with Crippen molar-refractivity contribution in [2.24, 2.45) is 5.73 Å². The van der Waals surface area contributed by atoms with Gasteiger partial charge in [-0.2, -0.15) is 0 Å². The van der Waals surface area contributed by atoms with E-state index in [-0.39, 0.29) is 18.3 Å². The van der Waals surface area contributed by atoms with Crippen LogP contribution in [-0.2, 0) is 16.8 Å². The quantitative estimate of drug-likeness (QED) is 0.808. The molecule has 3 N–H and O–H groups in total. The number of para-hydroxylation sites is 1. The first-order valence-corrected chi connectivity index (χ1v) is 7.89. The summed E-state index contributed by atoms with van der Waals surface area (Å²) >= 11 is 0. The first kappa shape index (κ1) is 20.0. The fraction of sp³-hybridized carbons (Fsp3) is 0.316. The molecular weight excluding hydrogens is 324 g/mol. The number of halogens is 1. The number of benzene rings is 2. The van der Waals surface area contributed by atoms with E-state index < -0.39 is 5.54 Å². The zero-order valence-electron chi connectivity index (χ0n) is 14.1. The van der Waals surface area contributed by atoms with E-state index in [4.69, 9.17) is 10.5 Å². The monoisotopic (exact) mass is 348 g/mol. The number of rotatable bonds is 7. The fourth-order valence-corrected chi connectivity index (χ4v) is 2.42. The maximum absolute atomic E-state index is 12.4. The number of hydrogen-bond acceptors (Lipinski definition) is 3. The molecule has 0 saturated carbocycles. The lowest BCUT2D eigenvalue weighted by atomic mass is 9.92. The predicted octanol–water partition coefficient (Wildman–Crippen LogP) is 3.04. The summed E-state index contributed by atoms with van der Waals surface area (Å²) in [5, 5.41) is 2.92. The van der Waals surface area contributed by atoms with Crippen LogP contribution in [0.25, 0.3) is 0 Å². The normalized spacial score (nSPS) is 12.6. The van der Waals surface area contributed by atoms with E-state index in [9.17, 15) is 4.79 Å². The number of nitrogens with one attached hydrogen (secondary N) is 1. The van der Waals surface area contributed by atoms with Gasteiger partial charge in [0.05, 0.1) is 6.61 Å². The Morgan fingerprint density at radius 2 is 1.75 bits per heavy atom. The van der Waals surface area contributed by atoms with Crippen molar-refractivity contribution in [1.29, 1.82) is 0 Å². The van der Waals surface area contributed by atoms with Crippen LogP contribution in [0.1, 0.15) is 25.0 Å². The Morgan fingerprint density at radius 1 is 1.12 bits per heavy atom. The second-order valence-corrected chi connectivity index (χ2v) is 5.62. The van der Waals surface area contributed by atoms with Gasteiger partial charge in [-0.1, -0.05) is 48.5 Å². The van der Waals surface area contributed by atoms with Crippen LogP contribution in [0.4, 0.5) is 0 Å². The lowest BCUT2D eigenvalue weighted by molar-refractivity contribution is -0.126. The van der Waals surface area contributed by atoms with Gasteiger partial charge < -0.3 is 15.8 Å². The Morgan fingerprint density at radius 3 is 2.42 bits per heavy atom. The van der Waals surface area contributed by atoms with Crippen LogP contribution in [-0.4, -0.2) is 19.1 Å². The van der Waals surface area contributed by atoms with Crippen molar-refractivity contribution in [1.82, 2.24) is 5.32 Å². The number of nitrogens with two attached hydrogens (primary N) is 1. The maximum atomic E-state index is 12.4. The molecule has 0 spiro atoms. The zero-order valence-corrected chi connectivity index (χ0v) is 14.9. The summed E-state index contributed by atoms with van der Waals surface area (Å²) in [5.41, 5.74) is 7.04. The predicted molar refractivity (Wildman–Crippen MR) is 99.6 cm³/mol. The highest BCUT2D eigenvalue weighted by Crippen LogP contribution is 2.19. The molecule has 0 aliphatic rings. The van der Waals surface area contributed by atoms with E-state index in [1.165, 1.54) is 0 Å². The molecule has 1 unspecified atom stereocenters. The Labute approximate surface area is 149 Å². The molecule has 4 nitrogen and oxygen atoms in total. The summed E-state index contributed by atoms with van der Waals surface area (Å²) in [6.45, 7) is 4.82. The van der Waals surface area contributed by atoms with E-state index in [0.717, 1.165) is 16.9 Å². The van der Waals surface area contributed by atoms with Crippen LogP contribution < -0.4 is 15.8 Å². The molecule has 0 fully saturated rings. The molecule has 2 aromatic carbocycles. The third-order valence-electron chi connectivity index (χ3n) is 3.80. The molecule has 0 radical (unpaired) electrons. The van der Waals surface area contributed by atoms with Gasteiger partial charge in [-0.25, -0.2) is 0 Å². The summed E-state index contributed by atoms with van der Waals surface area (Å²) in [6.07, 6.45) is 0.701. The van der Waals surface area contributed by atoms with Gasteiger partial charge in [-0.05, 0) is 37.5 Å². The standard InChI is InChI=1S/C19H24N2O2.ClH/c1-3-23-17-12-8-7-9-15(17)13-14-21-18(22)19(2,20)16-10-5-4-6-11-16;/h4-12H,3,13-14,20H2,1-2H3,(H,21,22);1H. The number of carbonyl (C=O) groups excluding carboxylic acids is 1. The number of carbonyl (C=O) groups is 1. The second-order valence-electron chi connectivity index (χ2n) is 5.62. The molecule has 130 valence electrons. The van der Waals surface area contributed by atoms with Gasteiger partial charge in [0.25, 0.3) is 0 Å². The molecule has 5 heteroatoms. The van der Waals surface area contributed by atoms with E-state index in [1.54, 1.807) is 6.92 Å². The highest BCUT2D eigenvalue weighted by molar-refractivity contribution is 5.87. The fourth-order valence-electron chi connectivity index (χ4n) is 2.42. The van der Waals surface area contributed by atoms with Crippen molar-refractivity contribution < 1.29 is 9.53 Å². The van der Waals surface area contributed by atoms with Crippen molar-refractivity contribution in [3.05, 3.63) is 65.7 Å². The number of amides is 1. The molecule has 0 heterocycles. The van der Waals surface area contributed by atoms with Crippen LogP contribution in [0, 0.1) is 0 Å². The van der Waals surface area contributed by atoms with Crippen LogP contribution in [0.15, 0.2) is 54.6 Å². The van der Waals surface area contributed by atoms with Crippen molar-refractivity contribution >= 4 is 18.3 Å². The Bertz CT molecular complexity index is 645. The highest BCUT2D eigenvalue weighted by Gasteiger charge is 2.29. The van der Waals surface area contributed by atoms with Gasteiger partial charge in [0.2, 0.25) is 5.91 Å². The van der Waals surface area contributed by atoms with E-state index >= 15 is 0 Å². The van der Waals surface area contributed by atoms with Crippen LogP contribution in [0.5, 0.6) is 5.75 Å². The van der Waals surface area contributed by atoms with Gasteiger partial charge in [0.15, 0.2) is 0 Å². The van der Waals surface area contributed by atoms with Gasteiger partial charge in [0, 0.05) is 6.54 Å². The molecule has 0 aromatic heterocycles. The van der Waals surface area contributed by atoms with Gasteiger partial charge in [-0.15, -0.1) is 12.4 Å². The summed E-state index contributed by atoms with van der Waals surface area (Å²) in [4.78, 5) is 12.4. The first-order chi connectivity index (χ1) is 11.1. The summed E-state index contributed by atoms with van der Waals surface area (Å²) < 4.78 is 5.59. The first-order valence-electron chi connectivity index (χ1n) is 7.89. The third kappa shape index (κ3) is 4.98. The average molecular weight is 349 g/mol. The second kappa shape index (κ2) is 9.30. The topological polar surface area (TPSA) is 64.3 Å². The maximum Gasteiger partial charge on any atom is 0.244 e. The molecule has 0 aliphatic heterocycles. The van der Waals surface area contributed by atoms with E-state index in [0.29, 0.717) is 19.6 Å². The average Bonchev–Trinajstić information content (AvgIpc) is 2.57. The van der Waals surface area contributed by atoms with Crippen LogP contribution in [0.2, 0.25) is 0 Å². The van der Waals surface area contributed by atoms with Crippen molar-refractivity contribution in [3.63, 3.8) is 0 Å². The SMILES string of the molecule is CCOc1ccccc1CCNC(=O)C(C)(N)c1ccccc1.Cl. The van der Waals surface area contributed by atoms with Crippen molar-refractivity contribution in [2.75, 3.05) is 13.2 Å². The Hall–Kier alpha value is -2.04. The number of ether oxygens (including phenoxy) is 1. The lowest BCUT2D eigenvalue weighted by Gasteiger charge is -2.24.